The number of hydrogen-bond donors (Lipinski definition) is 0. The summed E-state index contributed by atoms with van der Waals surface area (Å²) in [6, 6.07) is 67.9. The number of fused-ring (bicyclic) bond motifs is 17. The lowest BCUT2D eigenvalue weighted by molar-refractivity contribution is 0.436. The molecule has 1 aliphatic carbocycles. The van der Waals surface area contributed by atoms with Crippen molar-refractivity contribution in [1.82, 2.24) is 19.1 Å². The highest BCUT2D eigenvalue weighted by Crippen LogP contribution is 2.65. The summed E-state index contributed by atoms with van der Waals surface area (Å²) in [4.78, 5) is 19.1. The molecule has 8 nitrogen and oxygen atoms in total. The van der Waals surface area contributed by atoms with Crippen LogP contribution >= 0.6 is 11.8 Å². The Morgan fingerprint density at radius 3 is 1.94 bits per heavy atom. The Morgan fingerprint density at radius 2 is 1.19 bits per heavy atom. The lowest BCUT2D eigenvalue weighted by Crippen LogP contribution is -2.34. The highest BCUT2D eigenvalue weighted by Gasteiger charge is 2.55. The van der Waals surface area contributed by atoms with Crippen LogP contribution in [-0.4, -0.2) is 19.1 Å². The molecule has 1 spiro atoms. The molecule has 0 bridgehead atoms. The molecule has 6 heterocycles. The minimum atomic E-state index is -0.986. The molecular weight excluding hydrogens is 879 g/mol. The van der Waals surface area contributed by atoms with Gasteiger partial charge in [-0.3, -0.25) is 9.97 Å². The second-order valence-corrected chi connectivity index (χ2v) is 19.0. The van der Waals surface area contributed by atoms with E-state index in [0.29, 0.717) is 17.0 Å². The maximum atomic E-state index is 9.97. The first-order valence-corrected chi connectivity index (χ1v) is 23.9. The average Bonchev–Trinajstić information content (AvgIpc) is 4.03. The van der Waals surface area contributed by atoms with E-state index in [2.05, 4.69) is 171 Å². The molecule has 1 unspecified atom stereocenters. The van der Waals surface area contributed by atoms with E-state index >= 15 is 0 Å². The van der Waals surface area contributed by atoms with E-state index in [-0.39, 0.29) is 0 Å². The number of hydrogen-bond acceptors (Lipinski definition) is 6. The van der Waals surface area contributed by atoms with Gasteiger partial charge in [0, 0.05) is 60.6 Å². The highest BCUT2D eigenvalue weighted by atomic mass is 32.2. The van der Waals surface area contributed by atoms with E-state index in [1.807, 2.05) is 54.9 Å². The Kier molecular flexibility index (Phi) is 7.90. The average molecular weight is 912 g/mol. The van der Waals surface area contributed by atoms with Crippen molar-refractivity contribution in [3.8, 4) is 40.3 Å². The van der Waals surface area contributed by atoms with Crippen molar-refractivity contribution >= 4 is 78.1 Å². The van der Waals surface area contributed by atoms with Crippen LogP contribution in [0.5, 0.6) is 11.5 Å². The number of pyridine rings is 2. The number of aromatic nitrogens is 4. The molecule has 0 radical (unpaired) electrons. The van der Waals surface area contributed by atoms with E-state index in [1.165, 1.54) is 10.8 Å². The van der Waals surface area contributed by atoms with Crippen LogP contribution in [0.2, 0.25) is 0 Å². The van der Waals surface area contributed by atoms with Gasteiger partial charge >= 0.3 is 0 Å². The number of benzene rings is 8. The maximum absolute atomic E-state index is 9.97. The summed E-state index contributed by atoms with van der Waals surface area (Å²) in [6.07, 6.45) is 3.87. The summed E-state index contributed by atoms with van der Waals surface area (Å²) in [7, 11) is 0. The minimum absolute atomic E-state index is 0.538. The van der Waals surface area contributed by atoms with Crippen molar-refractivity contribution in [3.05, 3.63) is 240 Å². The first kappa shape index (κ1) is 38.7. The molecule has 0 amide bonds. The third kappa shape index (κ3) is 5.08. The zero-order chi connectivity index (χ0) is 46.2. The van der Waals surface area contributed by atoms with Crippen LogP contribution in [0.1, 0.15) is 27.8 Å². The number of ether oxygens (including phenoxy) is 1. The number of para-hydroxylation sites is 4. The number of nitrogens with zero attached hydrogens (tertiary/aromatic N) is 7. The Labute approximate surface area is 405 Å². The van der Waals surface area contributed by atoms with E-state index < -0.39 is 5.41 Å². The standard InChI is InChI=1S/C61H33N7OS/c1-63-37-24-28-50-43(31-37)42-30-36(34-62)23-27-49(42)66(50)38-25-26-44-55(33-38)69-54-20-10-19-53(68-51-17-6-8-21-56(51)70-57-22-9-7-18-52(57)68)58(54)61(44)45-14-11-29-64-59(45)60-46(61)32-39(35-65-60)67-47-15-4-2-12-40(47)41-13-3-5-16-48(41)67/h2-33,35H. The SMILES string of the molecule is [C-]#[N+]c1ccc2c(c1)c1cc(C#N)ccc1n2-c1ccc2c(c1)Oc1cccc(N3c4ccccc4Sc4ccccc43)c1C21c2cccnc2-c2ncc(-n3c4ccccc4c4ccccc43)cc21. The Morgan fingerprint density at radius 1 is 0.529 bits per heavy atom. The fraction of sp³-hybridized carbons (Fsp3) is 0.0164. The number of anilines is 3. The summed E-state index contributed by atoms with van der Waals surface area (Å²) in [5.74, 6) is 1.42. The molecule has 70 heavy (non-hydrogen) atoms. The molecule has 1 atom stereocenters. The molecule has 12 aromatic rings. The fourth-order valence-corrected chi connectivity index (χ4v) is 12.8. The third-order valence-electron chi connectivity index (χ3n) is 14.5. The van der Waals surface area contributed by atoms with Crippen LogP contribution in [0.25, 0.3) is 71.2 Å². The van der Waals surface area contributed by atoms with Crippen molar-refractivity contribution in [2.75, 3.05) is 4.90 Å². The van der Waals surface area contributed by atoms with Gasteiger partial charge in [-0.05, 0) is 108 Å². The van der Waals surface area contributed by atoms with Crippen LogP contribution in [0.15, 0.2) is 210 Å². The highest BCUT2D eigenvalue weighted by molar-refractivity contribution is 7.99. The van der Waals surface area contributed by atoms with Crippen molar-refractivity contribution < 1.29 is 4.74 Å². The zero-order valence-corrected chi connectivity index (χ0v) is 37.8. The van der Waals surface area contributed by atoms with Gasteiger partial charge in [0.05, 0.1) is 86.0 Å². The van der Waals surface area contributed by atoms with Crippen LogP contribution in [0, 0.1) is 17.9 Å². The fourth-order valence-electron chi connectivity index (χ4n) is 11.7. The van der Waals surface area contributed by atoms with Crippen LogP contribution in [-0.2, 0) is 5.41 Å². The molecule has 2 aliphatic heterocycles. The normalized spacial score (nSPS) is 14.9. The van der Waals surface area contributed by atoms with Crippen LogP contribution in [0.3, 0.4) is 0 Å². The topological polar surface area (TPSA) is 76.3 Å². The first-order chi connectivity index (χ1) is 34.6. The molecule has 0 saturated carbocycles. The molecule has 4 aromatic heterocycles. The molecule has 0 saturated heterocycles. The summed E-state index contributed by atoms with van der Waals surface area (Å²) < 4.78 is 11.9. The van der Waals surface area contributed by atoms with Gasteiger partial charge in [-0.1, -0.05) is 96.7 Å². The van der Waals surface area contributed by atoms with Crippen LogP contribution in [0.4, 0.5) is 22.7 Å². The monoisotopic (exact) mass is 911 g/mol. The molecule has 324 valence electrons. The van der Waals surface area contributed by atoms with E-state index in [9.17, 15) is 5.26 Å². The predicted molar refractivity (Wildman–Crippen MR) is 278 cm³/mol. The summed E-state index contributed by atoms with van der Waals surface area (Å²) in [5.41, 5.74) is 14.8. The second-order valence-electron chi connectivity index (χ2n) is 17.9. The van der Waals surface area contributed by atoms with Gasteiger partial charge in [-0.2, -0.15) is 5.26 Å². The predicted octanol–water partition coefficient (Wildman–Crippen LogP) is 15.5. The van der Waals surface area contributed by atoms with E-state index in [0.717, 1.165) is 110 Å². The van der Waals surface area contributed by atoms with Gasteiger partial charge in [-0.25, -0.2) is 4.85 Å². The maximum Gasteiger partial charge on any atom is 0.188 e. The quantitative estimate of drug-likeness (QED) is 0.164. The van der Waals surface area contributed by atoms with Gasteiger partial charge in [0.25, 0.3) is 0 Å². The van der Waals surface area contributed by atoms with Gasteiger partial charge in [0.1, 0.15) is 11.5 Å². The Balaban J connectivity index is 1.06. The minimum Gasteiger partial charge on any atom is -0.457 e. The molecular formula is C61H33N7OS. The molecule has 3 aliphatic rings. The molecule has 15 rings (SSSR count). The summed E-state index contributed by atoms with van der Waals surface area (Å²) >= 11 is 1.79. The van der Waals surface area contributed by atoms with Crippen molar-refractivity contribution in [1.29, 1.82) is 5.26 Å². The lowest BCUT2D eigenvalue weighted by Gasteiger charge is -2.43. The van der Waals surface area contributed by atoms with Crippen molar-refractivity contribution in [3.63, 3.8) is 0 Å². The molecule has 9 heteroatoms. The molecule has 0 fully saturated rings. The second kappa shape index (κ2) is 14.3. The largest absolute Gasteiger partial charge is 0.457 e. The molecule has 8 aromatic carbocycles. The van der Waals surface area contributed by atoms with E-state index in [1.54, 1.807) is 11.8 Å². The zero-order valence-electron chi connectivity index (χ0n) is 37.0. The van der Waals surface area contributed by atoms with E-state index in [4.69, 9.17) is 21.3 Å². The van der Waals surface area contributed by atoms with Gasteiger partial charge < -0.3 is 18.8 Å². The first-order valence-electron chi connectivity index (χ1n) is 23.1. The summed E-state index contributed by atoms with van der Waals surface area (Å²) in [5, 5.41) is 14.1. The smallest absolute Gasteiger partial charge is 0.188 e. The Hall–Kier alpha value is -9.41. The summed E-state index contributed by atoms with van der Waals surface area (Å²) in [6.45, 7) is 7.84. The van der Waals surface area contributed by atoms with Crippen molar-refractivity contribution in [2.24, 2.45) is 0 Å². The van der Waals surface area contributed by atoms with Crippen molar-refractivity contribution in [2.45, 2.75) is 15.2 Å². The van der Waals surface area contributed by atoms with Gasteiger partial charge in [0.15, 0.2) is 5.69 Å². The molecule has 0 N–H and O–H groups in total. The number of nitriles is 1. The van der Waals surface area contributed by atoms with Gasteiger partial charge in [-0.15, -0.1) is 0 Å². The number of rotatable bonds is 3. The Bertz CT molecular complexity index is 4210. The third-order valence-corrected chi connectivity index (χ3v) is 15.6. The lowest BCUT2D eigenvalue weighted by atomic mass is 9.65. The van der Waals surface area contributed by atoms with Gasteiger partial charge in [0.2, 0.25) is 0 Å². The van der Waals surface area contributed by atoms with Crippen LogP contribution < -0.4 is 9.64 Å².